The van der Waals surface area contributed by atoms with Gasteiger partial charge in [0.05, 0.1) is 12.0 Å². The normalized spacial score (nSPS) is 52.5. The standard InChI is InChI=1S/C31H44N2O5/c1-18-26(35)29(2,20-6-4-3-5-7-20)15-24(31-14-21(31)8-11-30(18)12-9-23(34)25(30)31)38-28(37)32-27(36)22-17-33-13-10-19(22)16-33/h4,6,18-22,24-26,35H,3,5,7-17H2,1-2H3,(H,32,36,37)/t18-,19+,20?,21-,22-,24+,25?,26-,29-,30?,31-/m0/s1. The highest BCUT2D eigenvalue weighted by Gasteiger charge is 2.77. The second kappa shape index (κ2) is 8.63. The molecule has 38 heavy (non-hydrogen) atoms. The number of Topliss-reactive ketones (excluding diaryl/α,β-unsaturated/α-hetero) is 1. The minimum atomic E-state index is -0.663. The van der Waals surface area contributed by atoms with Crippen molar-refractivity contribution < 1.29 is 24.2 Å². The molecule has 2 heterocycles. The maximum absolute atomic E-state index is 13.6. The van der Waals surface area contributed by atoms with Gasteiger partial charge in [0.25, 0.3) is 0 Å². The third-order valence-corrected chi connectivity index (χ3v) is 13.0. The minimum Gasteiger partial charge on any atom is -0.445 e. The molecule has 0 aromatic rings. The Morgan fingerprint density at radius 1 is 1.16 bits per heavy atom. The summed E-state index contributed by atoms with van der Waals surface area (Å²) in [4.78, 5) is 42.3. The molecule has 4 unspecified atom stereocenters. The van der Waals surface area contributed by atoms with Crippen LogP contribution in [0, 0.1) is 51.8 Å². The molecule has 12 atom stereocenters. The number of hydrogen-bond acceptors (Lipinski definition) is 6. The number of carbonyl (C=O) groups is 3. The molecular weight excluding hydrogens is 480 g/mol. The number of nitrogens with one attached hydrogen (secondary N) is 1. The van der Waals surface area contributed by atoms with Crippen LogP contribution in [0.15, 0.2) is 12.2 Å². The average Bonchev–Trinajstić information content (AvgIpc) is 3.18. The van der Waals surface area contributed by atoms with Gasteiger partial charge >= 0.3 is 6.09 Å². The molecule has 7 nitrogen and oxygen atoms in total. The quantitative estimate of drug-likeness (QED) is 0.540. The Morgan fingerprint density at radius 3 is 2.71 bits per heavy atom. The summed E-state index contributed by atoms with van der Waals surface area (Å²) >= 11 is 0. The van der Waals surface area contributed by atoms with Crippen molar-refractivity contribution in [1.29, 1.82) is 0 Å². The van der Waals surface area contributed by atoms with E-state index >= 15 is 0 Å². The van der Waals surface area contributed by atoms with E-state index < -0.39 is 23.7 Å². The number of imide groups is 1. The van der Waals surface area contributed by atoms with Gasteiger partial charge in [-0.1, -0.05) is 26.0 Å². The summed E-state index contributed by atoms with van der Waals surface area (Å²) in [5, 5.41) is 14.7. The number of fused-ring (bicyclic) bond motifs is 2. The first kappa shape index (κ1) is 25.3. The third-order valence-electron chi connectivity index (χ3n) is 13.0. The molecule has 7 aliphatic rings. The molecule has 2 aliphatic heterocycles. The first-order valence-electron chi connectivity index (χ1n) is 15.3. The van der Waals surface area contributed by atoms with Gasteiger partial charge in [0, 0.05) is 36.3 Å². The maximum atomic E-state index is 13.6. The fraction of sp³-hybridized carbons (Fsp3) is 0.839. The average molecular weight is 525 g/mol. The van der Waals surface area contributed by atoms with Gasteiger partial charge in [0.1, 0.15) is 11.9 Å². The summed E-state index contributed by atoms with van der Waals surface area (Å²) in [5.41, 5.74) is -1.04. The topological polar surface area (TPSA) is 95.9 Å². The molecule has 4 saturated carbocycles. The lowest BCUT2D eigenvalue weighted by molar-refractivity contribution is -0.171. The van der Waals surface area contributed by atoms with Crippen LogP contribution in [0.5, 0.6) is 0 Å². The lowest BCUT2D eigenvalue weighted by Crippen LogP contribution is -2.60. The van der Waals surface area contributed by atoms with Gasteiger partial charge < -0.3 is 14.7 Å². The van der Waals surface area contributed by atoms with Crippen LogP contribution in [0.3, 0.4) is 0 Å². The number of alkyl carbamates (subject to hydrolysis) is 1. The van der Waals surface area contributed by atoms with Crippen molar-refractivity contribution in [3.05, 3.63) is 12.2 Å². The first-order chi connectivity index (χ1) is 18.2. The molecule has 4 bridgehead atoms. The molecule has 0 aromatic carbocycles. The van der Waals surface area contributed by atoms with Crippen molar-refractivity contribution in [2.45, 2.75) is 90.3 Å². The number of aliphatic hydroxyl groups is 1. The van der Waals surface area contributed by atoms with Crippen LogP contribution < -0.4 is 5.32 Å². The summed E-state index contributed by atoms with van der Waals surface area (Å²) in [7, 11) is 0. The van der Waals surface area contributed by atoms with Crippen LogP contribution in [0.2, 0.25) is 0 Å². The molecule has 2 amide bonds. The van der Waals surface area contributed by atoms with Crippen molar-refractivity contribution >= 4 is 17.8 Å². The molecule has 6 fully saturated rings. The SMILES string of the molecule is C[C@H]1[C@H](O)[C@](C)(C2C=CCCC2)C[C@@H](OC(=O)NC(=O)[C@H]2CN3CC[C@@H]2C3)[C@]23C[C@@H]2CCC12CCC(=O)C23. The summed E-state index contributed by atoms with van der Waals surface area (Å²) in [5.74, 6) is 0.685. The first-order valence-corrected chi connectivity index (χ1v) is 15.3. The van der Waals surface area contributed by atoms with Gasteiger partial charge in [0.15, 0.2) is 0 Å². The van der Waals surface area contributed by atoms with Crippen LogP contribution in [0.25, 0.3) is 0 Å². The number of nitrogens with zero attached hydrogens (tertiary/aromatic N) is 1. The largest absolute Gasteiger partial charge is 0.445 e. The Kier molecular flexibility index (Phi) is 5.74. The Bertz CT molecular complexity index is 1070. The van der Waals surface area contributed by atoms with Crippen molar-refractivity contribution in [2.75, 3.05) is 19.6 Å². The monoisotopic (exact) mass is 524 g/mol. The highest BCUT2D eigenvalue weighted by atomic mass is 16.6. The zero-order valence-electron chi connectivity index (χ0n) is 23.0. The molecule has 2 saturated heterocycles. The fourth-order valence-electron chi connectivity index (χ4n) is 10.8. The molecule has 7 rings (SSSR count). The van der Waals surface area contributed by atoms with Crippen molar-refractivity contribution in [1.82, 2.24) is 10.2 Å². The van der Waals surface area contributed by atoms with Crippen LogP contribution in [0.4, 0.5) is 4.79 Å². The third kappa shape index (κ3) is 3.42. The molecule has 0 radical (unpaired) electrons. The van der Waals surface area contributed by atoms with Crippen LogP contribution in [0.1, 0.15) is 78.1 Å². The van der Waals surface area contributed by atoms with E-state index in [0.29, 0.717) is 37.0 Å². The highest BCUT2D eigenvalue weighted by molar-refractivity contribution is 5.93. The van der Waals surface area contributed by atoms with Gasteiger partial charge in [-0.3, -0.25) is 14.9 Å². The van der Waals surface area contributed by atoms with Gasteiger partial charge in [-0.05, 0) is 93.4 Å². The van der Waals surface area contributed by atoms with E-state index in [2.05, 4.69) is 36.2 Å². The maximum Gasteiger partial charge on any atom is 0.414 e. The van der Waals surface area contributed by atoms with Gasteiger partial charge in [-0.2, -0.15) is 0 Å². The van der Waals surface area contributed by atoms with E-state index in [0.717, 1.165) is 64.5 Å². The molecule has 208 valence electrons. The zero-order chi connectivity index (χ0) is 26.4. The Balaban J connectivity index is 1.22. The number of rotatable bonds is 3. The number of piperidine rings is 1. The fourth-order valence-corrected chi connectivity index (χ4v) is 10.8. The predicted molar refractivity (Wildman–Crippen MR) is 141 cm³/mol. The summed E-state index contributed by atoms with van der Waals surface area (Å²) in [6.45, 7) is 7.08. The number of amides is 2. The molecule has 7 heteroatoms. The Labute approximate surface area is 226 Å². The summed E-state index contributed by atoms with van der Waals surface area (Å²) in [6.07, 6.45) is 11.8. The number of hydrogen-bond donors (Lipinski definition) is 2. The van der Waals surface area contributed by atoms with Crippen LogP contribution in [-0.4, -0.2) is 59.6 Å². The van der Waals surface area contributed by atoms with E-state index in [-0.39, 0.29) is 40.4 Å². The van der Waals surface area contributed by atoms with Crippen LogP contribution in [-0.2, 0) is 14.3 Å². The zero-order valence-corrected chi connectivity index (χ0v) is 23.0. The Hall–Kier alpha value is -1.73. The van der Waals surface area contributed by atoms with Crippen molar-refractivity contribution in [2.24, 2.45) is 51.8 Å². The number of aliphatic hydroxyl groups excluding tert-OH is 1. The molecule has 1 spiro atoms. The second-order valence-corrected chi connectivity index (χ2v) is 14.4. The van der Waals surface area contributed by atoms with E-state index in [1.165, 1.54) is 0 Å². The van der Waals surface area contributed by atoms with Gasteiger partial charge in [-0.15, -0.1) is 0 Å². The van der Waals surface area contributed by atoms with Crippen molar-refractivity contribution in [3.63, 3.8) is 0 Å². The van der Waals surface area contributed by atoms with E-state index in [1.807, 2.05) is 0 Å². The summed E-state index contributed by atoms with van der Waals surface area (Å²) in [6, 6.07) is 0. The highest BCUT2D eigenvalue weighted by Crippen LogP contribution is 2.77. The second-order valence-electron chi connectivity index (χ2n) is 14.4. The number of ether oxygens (including phenoxy) is 1. The minimum absolute atomic E-state index is 0.0156. The molecule has 0 aromatic heterocycles. The molecular formula is C31H44N2O5. The lowest BCUT2D eigenvalue weighted by Gasteiger charge is -2.57. The van der Waals surface area contributed by atoms with E-state index in [4.69, 9.17) is 4.74 Å². The van der Waals surface area contributed by atoms with Crippen molar-refractivity contribution in [3.8, 4) is 0 Å². The van der Waals surface area contributed by atoms with E-state index in [9.17, 15) is 19.5 Å². The Morgan fingerprint density at radius 2 is 2.00 bits per heavy atom. The number of allylic oxidation sites excluding steroid dienone is 2. The summed E-state index contributed by atoms with van der Waals surface area (Å²) < 4.78 is 6.32. The molecule has 2 N–H and O–H groups in total. The lowest BCUT2D eigenvalue weighted by atomic mass is 9.48. The molecule has 5 aliphatic carbocycles. The predicted octanol–water partition coefficient (Wildman–Crippen LogP) is 4.09. The van der Waals surface area contributed by atoms with Gasteiger partial charge in [-0.25, -0.2) is 4.79 Å². The van der Waals surface area contributed by atoms with Crippen LogP contribution >= 0.6 is 0 Å². The smallest absolute Gasteiger partial charge is 0.414 e. The van der Waals surface area contributed by atoms with Gasteiger partial charge in [0.2, 0.25) is 5.91 Å². The van der Waals surface area contributed by atoms with E-state index in [1.54, 1.807) is 0 Å². The number of carbonyl (C=O) groups excluding carboxylic acids is 3. The number of ketones is 1.